The molecule has 5 rings (SSSR count). The van der Waals surface area contributed by atoms with Gasteiger partial charge in [0.25, 0.3) is 11.8 Å². The van der Waals surface area contributed by atoms with Crippen molar-refractivity contribution in [2.24, 2.45) is 10.9 Å². The number of amides is 2. The molecule has 0 spiro atoms. The fourth-order valence-corrected chi connectivity index (χ4v) is 5.91. The summed E-state index contributed by atoms with van der Waals surface area (Å²) < 4.78 is 33.7. The molecule has 1 aliphatic carbocycles. The maximum Gasteiger partial charge on any atom is 0.362 e. The van der Waals surface area contributed by atoms with E-state index in [1.807, 2.05) is 0 Å². The summed E-state index contributed by atoms with van der Waals surface area (Å²) in [5.41, 5.74) is 9.77. The molecule has 3 fully saturated rings. The SMILES string of the molecule is N=C(NCc1cnn(C[C@@H]2[C@H](NC(=O)/C(=N\OC3(C(=O)O)CC3)c3csc(N)n3)C(=O)N2S(=O)(=O)O)n1)N1CC[C@H](N)C1. The number of hydrogen-bond acceptors (Lipinski definition) is 14. The maximum absolute atomic E-state index is 13.2. The van der Waals surface area contributed by atoms with Crippen LogP contribution in [0.2, 0.25) is 0 Å². The number of carboxylic acid groups (broad SMARTS) is 1. The normalized spacial score (nSPS) is 23.1. The largest absolute Gasteiger partial charge is 0.478 e. The van der Waals surface area contributed by atoms with Gasteiger partial charge in [0.05, 0.1) is 19.3 Å². The van der Waals surface area contributed by atoms with Crippen LogP contribution in [0.4, 0.5) is 5.13 Å². The number of carbonyl (C=O) groups excluding carboxylic acids is 2. The van der Waals surface area contributed by atoms with Crippen molar-refractivity contribution in [2.45, 2.75) is 56.1 Å². The Morgan fingerprint density at radius 3 is 2.67 bits per heavy atom. The van der Waals surface area contributed by atoms with Crippen LogP contribution in [0.15, 0.2) is 16.7 Å². The first-order chi connectivity index (χ1) is 20.3. The van der Waals surface area contributed by atoms with Crippen molar-refractivity contribution >= 4 is 56.2 Å². The Labute approximate surface area is 247 Å². The molecule has 22 heteroatoms. The molecule has 0 radical (unpaired) electrons. The molecule has 1 saturated carbocycles. The summed E-state index contributed by atoms with van der Waals surface area (Å²) in [6.07, 6.45) is 2.46. The third-order valence-electron chi connectivity index (χ3n) is 7.00. The van der Waals surface area contributed by atoms with Crippen molar-refractivity contribution in [1.29, 1.82) is 5.41 Å². The van der Waals surface area contributed by atoms with Gasteiger partial charge in [0, 0.05) is 37.4 Å². The Bertz CT molecular complexity index is 1590. The summed E-state index contributed by atoms with van der Waals surface area (Å²) in [5, 5.41) is 36.2. The lowest BCUT2D eigenvalue weighted by atomic mass is 9.98. The lowest BCUT2D eigenvalue weighted by molar-refractivity contribution is -0.153. The summed E-state index contributed by atoms with van der Waals surface area (Å²) in [6, 6.07) is -2.84. The smallest absolute Gasteiger partial charge is 0.362 e. The van der Waals surface area contributed by atoms with Crippen LogP contribution in [0, 0.1) is 5.41 Å². The molecule has 232 valence electrons. The van der Waals surface area contributed by atoms with Crippen LogP contribution >= 0.6 is 11.3 Å². The number of oxime groups is 1. The molecule has 0 unspecified atom stereocenters. The van der Waals surface area contributed by atoms with Gasteiger partial charge in [0.1, 0.15) is 23.5 Å². The number of carbonyl (C=O) groups is 3. The van der Waals surface area contributed by atoms with Crippen molar-refractivity contribution in [3.8, 4) is 0 Å². The standard InChI is InChI=1S/C21H28N12O8S2/c22-10-1-4-31(7-10)19(23)25-5-11-6-26-32(29-11)8-13-15(17(35)33(13)43(38,39)40)28-16(34)14(12-9-42-20(24)27-12)30-41-21(2-3-21)18(36)37/h6,9-10,13,15H,1-5,7-8,22H2,(H2,23,25)(H2,24,27)(H,28,34)(H,36,37)(H,38,39,40)/b30-14-/t10-,13+,15-/m0/s1. The highest BCUT2D eigenvalue weighted by Crippen LogP contribution is 2.40. The molecule has 2 aromatic heterocycles. The first kappa shape index (κ1) is 30.1. The molecule has 3 atom stereocenters. The minimum absolute atomic E-state index is 0.0125. The Kier molecular flexibility index (Phi) is 7.93. The lowest BCUT2D eigenvalue weighted by Gasteiger charge is -2.43. The number of aliphatic carboxylic acids is 1. The lowest BCUT2D eigenvalue weighted by Crippen LogP contribution is -2.73. The van der Waals surface area contributed by atoms with Crippen LogP contribution in [-0.4, -0.2) is 114 Å². The number of β-lactam (4-membered cyclic amide) rings is 1. The molecule has 2 saturated heterocycles. The van der Waals surface area contributed by atoms with E-state index in [1.165, 1.54) is 11.6 Å². The fraction of sp³-hybridized carbons (Fsp3) is 0.524. The summed E-state index contributed by atoms with van der Waals surface area (Å²) in [4.78, 5) is 49.4. The van der Waals surface area contributed by atoms with Gasteiger partial charge in [-0.15, -0.1) is 11.3 Å². The van der Waals surface area contributed by atoms with Gasteiger partial charge in [-0.1, -0.05) is 5.16 Å². The van der Waals surface area contributed by atoms with E-state index in [0.717, 1.165) is 22.6 Å². The minimum Gasteiger partial charge on any atom is -0.478 e. The number of likely N-dealkylation sites (tertiary alicyclic amines) is 1. The Hall–Kier alpha value is -4.41. The molecular formula is C21H28N12O8S2. The summed E-state index contributed by atoms with van der Waals surface area (Å²) >= 11 is 0.966. The van der Waals surface area contributed by atoms with Crippen LogP contribution in [0.5, 0.6) is 0 Å². The molecule has 3 aliphatic rings. The molecule has 0 bridgehead atoms. The molecule has 2 amide bonds. The zero-order valence-corrected chi connectivity index (χ0v) is 23.9. The second-order valence-electron chi connectivity index (χ2n) is 10.1. The van der Waals surface area contributed by atoms with Crippen LogP contribution < -0.4 is 22.1 Å². The highest BCUT2D eigenvalue weighted by molar-refractivity contribution is 7.84. The molecule has 2 aromatic rings. The molecular weight excluding hydrogens is 612 g/mol. The van der Waals surface area contributed by atoms with E-state index in [0.29, 0.717) is 18.8 Å². The quantitative estimate of drug-likeness (QED) is 0.0421. The number of nitrogens with zero attached hydrogens (tertiary/aromatic N) is 7. The average Bonchev–Trinajstić information content (AvgIpc) is 3.21. The van der Waals surface area contributed by atoms with E-state index in [4.69, 9.17) is 21.7 Å². The highest BCUT2D eigenvalue weighted by atomic mass is 32.2. The minimum atomic E-state index is -5.02. The van der Waals surface area contributed by atoms with E-state index >= 15 is 0 Å². The van der Waals surface area contributed by atoms with E-state index < -0.39 is 51.5 Å². The van der Waals surface area contributed by atoms with Gasteiger partial charge in [-0.2, -0.15) is 23.4 Å². The number of nitrogens with two attached hydrogens (primary N) is 2. The number of guanidine groups is 1. The molecule has 43 heavy (non-hydrogen) atoms. The number of hydrogen-bond donors (Lipinski definition) is 7. The summed E-state index contributed by atoms with van der Waals surface area (Å²) in [5.74, 6) is -3.30. The zero-order valence-electron chi connectivity index (χ0n) is 22.3. The number of thiazole rings is 1. The fourth-order valence-electron chi connectivity index (χ4n) is 4.49. The topological polar surface area (TPSA) is 297 Å². The third-order valence-corrected chi connectivity index (χ3v) is 8.62. The van der Waals surface area contributed by atoms with E-state index in [2.05, 4.69) is 31.0 Å². The number of nitrogens with one attached hydrogen (secondary N) is 3. The predicted molar refractivity (Wildman–Crippen MR) is 147 cm³/mol. The Morgan fingerprint density at radius 1 is 1.35 bits per heavy atom. The van der Waals surface area contributed by atoms with Gasteiger partial charge in [0.2, 0.25) is 5.60 Å². The second-order valence-corrected chi connectivity index (χ2v) is 12.3. The number of carboxylic acids is 1. The summed E-state index contributed by atoms with van der Waals surface area (Å²) in [6.45, 7) is 0.943. The molecule has 9 N–H and O–H groups in total. The van der Waals surface area contributed by atoms with E-state index in [9.17, 15) is 32.5 Å². The van der Waals surface area contributed by atoms with Crippen molar-refractivity contribution in [1.82, 2.24) is 39.8 Å². The summed E-state index contributed by atoms with van der Waals surface area (Å²) in [7, 11) is -5.02. The second kappa shape index (κ2) is 11.3. The molecule has 20 nitrogen and oxygen atoms in total. The number of anilines is 1. The van der Waals surface area contributed by atoms with Gasteiger partial charge >= 0.3 is 16.3 Å². The first-order valence-electron chi connectivity index (χ1n) is 12.8. The zero-order chi connectivity index (χ0) is 31.1. The molecule has 2 aliphatic heterocycles. The highest BCUT2D eigenvalue weighted by Gasteiger charge is 2.56. The Balaban J connectivity index is 1.29. The van der Waals surface area contributed by atoms with E-state index in [1.54, 1.807) is 4.90 Å². The molecule has 0 aromatic carbocycles. The van der Waals surface area contributed by atoms with Crippen molar-refractivity contribution < 1.29 is 37.3 Å². The van der Waals surface area contributed by atoms with Gasteiger partial charge in [-0.25, -0.2) is 14.1 Å². The predicted octanol–water partition coefficient (Wildman–Crippen LogP) is -3.09. The Morgan fingerprint density at radius 2 is 2.09 bits per heavy atom. The van der Waals surface area contributed by atoms with Crippen LogP contribution in [-0.2, 0) is 42.6 Å². The number of aromatic nitrogens is 4. The van der Waals surface area contributed by atoms with Gasteiger partial charge in [0.15, 0.2) is 16.8 Å². The van der Waals surface area contributed by atoms with Crippen molar-refractivity contribution in [2.75, 3.05) is 18.8 Å². The van der Waals surface area contributed by atoms with Crippen LogP contribution in [0.1, 0.15) is 30.7 Å². The third kappa shape index (κ3) is 6.35. The van der Waals surface area contributed by atoms with Gasteiger partial charge in [-0.05, 0) is 6.42 Å². The van der Waals surface area contributed by atoms with Crippen molar-refractivity contribution in [3.05, 3.63) is 23.0 Å². The van der Waals surface area contributed by atoms with Gasteiger partial charge in [-0.3, -0.25) is 19.6 Å². The van der Waals surface area contributed by atoms with Crippen LogP contribution in [0.3, 0.4) is 0 Å². The van der Waals surface area contributed by atoms with E-state index in [-0.39, 0.29) is 53.1 Å². The number of nitrogen functional groups attached to an aromatic ring is 1. The number of rotatable bonds is 11. The van der Waals surface area contributed by atoms with Crippen LogP contribution in [0.25, 0.3) is 0 Å². The average molecular weight is 641 g/mol. The van der Waals surface area contributed by atoms with Gasteiger partial charge < -0.3 is 36.9 Å². The van der Waals surface area contributed by atoms with Crippen molar-refractivity contribution in [3.63, 3.8) is 0 Å². The monoisotopic (exact) mass is 640 g/mol. The first-order valence-corrected chi connectivity index (χ1v) is 15.1. The molecule has 4 heterocycles. The maximum atomic E-state index is 13.2.